The summed E-state index contributed by atoms with van der Waals surface area (Å²) in [6.07, 6.45) is 2.54. The summed E-state index contributed by atoms with van der Waals surface area (Å²) in [7, 11) is 1.44. The second-order valence-corrected chi connectivity index (χ2v) is 7.59. The molecule has 2 aromatic carbocycles. The molecule has 34 heavy (non-hydrogen) atoms. The molecule has 0 unspecified atom stereocenters. The van der Waals surface area contributed by atoms with E-state index in [0.29, 0.717) is 35.0 Å². The molecular formula is C25H29NO8. The normalized spacial score (nSPS) is 10.7. The summed E-state index contributed by atoms with van der Waals surface area (Å²) in [5, 5.41) is 11.3. The number of aliphatic carboxylic acids is 1. The van der Waals surface area contributed by atoms with Gasteiger partial charge in [-0.05, 0) is 41.8 Å². The number of methoxy groups -OCH3 is 1. The summed E-state index contributed by atoms with van der Waals surface area (Å²) in [5.41, 5.74) is 1.11. The number of benzene rings is 2. The largest absolute Gasteiger partial charge is 0.493 e. The van der Waals surface area contributed by atoms with Crippen molar-refractivity contribution in [2.45, 2.75) is 13.8 Å². The number of carbonyl (C=O) groups is 3. The Balaban J connectivity index is 1.91. The first kappa shape index (κ1) is 26.2. The number of carbonyl (C=O) groups excluding carboxylic acids is 2. The van der Waals surface area contributed by atoms with Crippen LogP contribution in [-0.4, -0.2) is 56.4 Å². The molecule has 0 bridgehead atoms. The molecule has 0 heterocycles. The summed E-state index contributed by atoms with van der Waals surface area (Å²) >= 11 is 0. The van der Waals surface area contributed by atoms with Crippen LogP contribution < -0.4 is 19.5 Å². The molecule has 0 radical (unpaired) electrons. The van der Waals surface area contributed by atoms with Crippen LogP contribution in [0.15, 0.2) is 48.5 Å². The first-order valence-electron chi connectivity index (χ1n) is 10.7. The minimum absolute atomic E-state index is 0.223. The van der Waals surface area contributed by atoms with E-state index in [0.717, 1.165) is 0 Å². The Morgan fingerprint density at radius 2 is 1.85 bits per heavy atom. The first-order valence-corrected chi connectivity index (χ1v) is 10.7. The summed E-state index contributed by atoms with van der Waals surface area (Å²) in [4.78, 5) is 34.8. The summed E-state index contributed by atoms with van der Waals surface area (Å²) in [6.45, 7) is 4.25. The molecule has 2 aromatic rings. The van der Waals surface area contributed by atoms with Gasteiger partial charge in [-0.15, -0.1) is 0 Å². The van der Waals surface area contributed by atoms with Crippen molar-refractivity contribution in [2.75, 3.05) is 33.5 Å². The third kappa shape index (κ3) is 9.23. The van der Waals surface area contributed by atoms with Gasteiger partial charge in [0.1, 0.15) is 12.4 Å². The fraction of sp³-hybridized carbons (Fsp3) is 0.320. The van der Waals surface area contributed by atoms with Crippen molar-refractivity contribution in [1.82, 2.24) is 5.32 Å². The Bertz CT molecular complexity index is 1020. The summed E-state index contributed by atoms with van der Waals surface area (Å²) in [5.74, 6) is 0.0804. The predicted octanol–water partition coefficient (Wildman–Crippen LogP) is 3.82. The van der Waals surface area contributed by atoms with Crippen molar-refractivity contribution < 1.29 is 38.4 Å². The standard InChI is InChI=1S/C25H29NO8/c1-17(2)15-34-25(30)26-11-12-32-20-6-4-5-19(14-20)21(27)9-7-18-8-10-22(23(13-18)31-3)33-16-24(28)29/h4-10,13-14,17H,11-12,15-16H2,1-3H3,(H,26,30)(H,28,29). The molecule has 0 spiro atoms. The van der Waals surface area contributed by atoms with Gasteiger partial charge >= 0.3 is 12.1 Å². The topological polar surface area (TPSA) is 120 Å². The Morgan fingerprint density at radius 3 is 2.56 bits per heavy atom. The molecular weight excluding hydrogens is 442 g/mol. The van der Waals surface area contributed by atoms with Gasteiger partial charge in [-0.1, -0.05) is 38.1 Å². The lowest BCUT2D eigenvalue weighted by atomic mass is 10.1. The van der Waals surface area contributed by atoms with Crippen LogP contribution in [0, 0.1) is 5.92 Å². The minimum Gasteiger partial charge on any atom is -0.493 e. The predicted molar refractivity (Wildman–Crippen MR) is 126 cm³/mol. The smallest absolute Gasteiger partial charge is 0.407 e. The van der Waals surface area contributed by atoms with Gasteiger partial charge in [0, 0.05) is 5.56 Å². The maximum absolute atomic E-state index is 12.6. The van der Waals surface area contributed by atoms with E-state index in [4.69, 9.17) is 24.1 Å². The maximum atomic E-state index is 12.6. The molecule has 9 nitrogen and oxygen atoms in total. The molecule has 0 aliphatic rings. The lowest BCUT2D eigenvalue weighted by Crippen LogP contribution is -2.29. The second-order valence-electron chi connectivity index (χ2n) is 7.59. The Kier molecular flexibility index (Phi) is 10.4. The average molecular weight is 472 g/mol. The van der Waals surface area contributed by atoms with E-state index in [2.05, 4.69) is 5.32 Å². The number of hydrogen-bond donors (Lipinski definition) is 2. The van der Waals surface area contributed by atoms with E-state index in [-0.39, 0.29) is 24.9 Å². The van der Waals surface area contributed by atoms with Crippen LogP contribution in [0.1, 0.15) is 29.8 Å². The van der Waals surface area contributed by atoms with Gasteiger partial charge in [0.05, 0.1) is 20.3 Å². The Labute approximate surface area is 198 Å². The number of nitrogens with one attached hydrogen (secondary N) is 1. The lowest BCUT2D eigenvalue weighted by Gasteiger charge is -2.10. The van der Waals surface area contributed by atoms with Crippen molar-refractivity contribution in [3.63, 3.8) is 0 Å². The van der Waals surface area contributed by atoms with E-state index < -0.39 is 18.7 Å². The monoisotopic (exact) mass is 471 g/mol. The van der Waals surface area contributed by atoms with Crippen LogP contribution in [-0.2, 0) is 9.53 Å². The van der Waals surface area contributed by atoms with Crippen molar-refractivity contribution in [2.24, 2.45) is 5.92 Å². The fourth-order valence-corrected chi connectivity index (χ4v) is 2.67. The van der Waals surface area contributed by atoms with Gasteiger partial charge in [0.2, 0.25) is 0 Å². The van der Waals surface area contributed by atoms with E-state index in [1.807, 2.05) is 13.8 Å². The summed E-state index contributed by atoms with van der Waals surface area (Å²) in [6, 6.07) is 11.6. The molecule has 0 fully saturated rings. The lowest BCUT2D eigenvalue weighted by molar-refractivity contribution is -0.139. The zero-order valence-electron chi connectivity index (χ0n) is 19.4. The van der Waals surface area contributed by atoms with E-state index in [1.54, 1.807) is 48.5 Å². The third-order valence-electron chi connectivity index (χ3n) is 4.27. The highest BCUT2D eigenvalue weighted by atomic mass is 16.5. The van der Waals surface area contributed by atoms with Crippen LogP contribution in [0.25, 0.3) is 6.08 Å². The highest BCUT2D eigenvalue weighted by Crippen LogP contribution is 2.28. The zero-order valence-corrected chi connectivity index (χ0v) is 19.4. The number of rotatable bonds is 13. The Morgan fingerprint density at radius 1 is 1.06 bits per heavy atom. The SMILES string of the molecule is COc1cc(C=CC(=O)c2cccc(OCCNC(=O)OCC(C)C)c2)ccc1OCC(=O)O. The number of allylic oxidation sites excluding steroid dienone is 1. The van der Waals surface area contributed by atoms with Crippen molar-refractivity contribution in [3.05, 3.63) is 59.7 Å². The molecule has 2 N–H and O–H groups in total. The maximum Gasteiger partial charge on any atom is 0.407 e. The summed E-state index contributed by atoms with van der Waals surface area (Å²) < 4.78 is 21.0. The number of hydrogen-bond acceptors (Lipinski definition) is 7. The number of ether oxygens (including phenoxy) is 4. The average Bonchev–Trinajstić information content (AvgIpc) is 2.82. The van der Waals surface area contributed by atoms with Gasteiger partial charge in [-0.2, -0.15) is 0 Å². The van der Waals surface area contributed by atoms with Crippen LogP contribution in [0.5, 0.6) is 17.2 Å². The molecule has 0 saturated carbocycles. The molecule has 9 heteroatoms. The number of amides is 1. The first-order chi connectivity index (χ1) is 16.3. The van der Waals surface area contributed by atoms with Gasteiger partial charge in [-0.3, -0.25) is 4.79 Å². The molecule has 182 valence electrons. The quantitative estimate of drug-likeness (QED) is 0.257. The molecule has 0 aliphatic heterocycles. The molecule has 0 aliphatic carbocycles. The number of carboxylic acids is 1. The molecule has 2 rings (SSSR count). The number of alkyl carbamates (subject to hydrolysis) is 1. The number of ketones is 1. The van der Waals surface area contributed by atoms with Crippen molar-refractivity contribution in [3.8, 4) is 17.2 Å². The number of carboxylic acid groups (broad SMARTS) is 1. The second kappa shape index (κ2) is 13.5. The van der Waals surface area contributed by atoms with Crippen LogP contribution in [0.4, 0.5) is 4.79 Å². The fourth-order valence-electron chi connectivity index (χ4n) is 2.67. The van der Waals surface area contributed by atoms with Crippen LogP contribution in [0.2, 0.25) is 0 Å². The molecule has 0 saturated heterocycles. The van der Waals surface area contributed by atoms with Crippen molar-refractivity contribution in [1.29, 1.82) is 0 Å². The van der Waals surface area contributed by atoms with Gasteiger partial charge in [0.25, 0.3) is 0 Å². The Hall–Kier alpha value is -4.01. The van der Waals surface area contributed by atoms with E-state index in [9.17, 15) is 14.4 Å². The van der Waals surface area contributed by atoms with Gasteiger partial charge < -0.3 is 29.4 Å². The molecule has 0 atom stereocenters. The minimum atomic E-state index is -1.09. The van der Waals surface area contributed by atoms with Crippen LogP contribution >= 0.6 is 0 Å². The molecule has 1 amide bonds. The zero-order chi connectivity index (χ0) is 24.9. The van der Waals surface area contributed by atoms with E-state index >= 15 is 0 Å². The van der Waals surface area contributed by atoms with E-state index in [1.165, 1.54) is 13.2 Å². The van der Waals surface area contributed by atoms with Gasteiger partial charge in [0.15, 0.2) is 23.9 Å². The molecule has 0 aromatic heterocycles. The van der Waals surface area contributed by atoms with Gasteiger partial charge in [-0.25, -0.2) is 9.59 Å². The highest BCUT2D eigenvalue weighted by Gasteiger charge is 2.08. The van der Waals surface area contributed by atoms with Crippen molar-refractivity contribution >= 4 is 23.9 Å². The van der Waals surface area contributed by atoms with Crippen LogP contribution in [0.3, 0.4) is 0 Å². The highest BCUT2D eigenvalue weighted by molar-refractivity contribution is 6.07. The third-order valence-corrected chi connectivity index (χ3v) is 4.27.